The molecule has 2 nitrogen and oxygen atoms in total. The van der Waals surface area contributed by atoms with E-state index in [1.165, 1.54) is 11.1 Å². The van der Waals surface area contributed by atoms with Crippen LogP contribution in [0.2, 0.25) is 0 Å². The van der Waals surface area contributed by atoms with E-state index < -0.39 is 0 Å². The Bertz CT molecular complexity index is 388. The van der Waals surface area contributed by atoms with Crippen molar-refractivity contribution in [3.05, 3.63) is 35.4 Å². The van der Waals surface area contributed by atoms with Crippen molar-refractivity contribution < 1.29 is 0 Å². The van der Waals surface area contributed by atoms with Gasteiger partial charge in [-0.05, 0) is 19.4 Å². The minimum atomic E-state index is 0.139. The van der Waals surface area contributed by atoms with Gasteiger partial charge in [-0.15, -0.1) is 0 Å². The van der Waals surface area contributed by atoms with Gasteiger partial charge in [-0.1, -0.05) is 29.8 Å². The highest BCUT2D eigenvalue weighted by atomic mass is 15.3. The fourth-order valence-electron chi connectivity index (χ4n) is 1.87. The highest BCUT2D eigenvalue weighted by Gasteiger charge is 2.46. The van der Waals surface area contributed by atoms with E-state index in [9.17, 15) is 0 Å². The molecule has 2 unspecified atom stereocenters. The third kappa shape index (κ3) is 2.19. The van der Waals surface area contributed by atoms with Crippen LogP contribution in [0.25, 0.3) is 0 Å². The van der Waals surface area contributed by atoms with Gasteiger partial charge in [0, 0.05) is 18.6 Å². The van der Waals surface area contributed by atoms with Gasteiger partial charge in [0.05, 0.1) is 12.5 Å². The SMILES string of the molecule is Cc1ccc(CN2CC2(C)CC#N)cc1. The van der Waals surface area contributed by atoms with Gasteiger partial charge in [0.15, 0.2) is 0 Å². The predicted molar refractivity (Wildman–Crippen MR) is 60.2 cm³/mol. The van der Waals surface area contributed by atoms with Crippen LogP contribution in [0.4, 0.5) is 0 Å². The summed E-state index contributed by atoms with van der Waals surface area (Å²) in [7, 11) is 0. The van der Waals surface area contributed by atoms with Crippen LogP contribution in [0.3, 0.4) is 0 Å². The summed E-state index contributed by atoms with van der Waals surface area (Å²) in [6.07, 6.45) is 0.638. The summed E-state index contributed by atoms with van der Waals surface area (Å²) in [5.41, 5.74) is 2.77. The van der Waals surface area contributed by atoms with Gasteiger partial charge in [0.2, 0.25) is 0 Å². The van der Waals surface area contributed by atoms with Crippen molar-refractivity contribution in [3.63, 3.8) is 0 Å². The molecule has 1 aliphatic rings. The van der Waals surface area contributed by atoms with E-state index in [2.05, 4.69) is 49.1 Å². The lowest BCUT2D eigenvalue weighted by atomic mass is 10.1. The third-order valence-corrected chi connectivity index (χ3v) is 3.15. The molecule has 0 aliphatic carbocycles. The zero-order valence-electron chi connectivity index (χ0n) is 9.33. The molecule has 78 valence electrons. The summed E-state index contributed by atoms with van der Waals surface area (Å²) in [4.78, 5) is 2.35. The summed E-state index contributed by atoms with van der Waals surface area (Å²) in [5, 5.41) is 8.69. The monoisotopic (exact) mass is 200 g/mol. The Morgan fingerprint density at radius 1 is 1.40 bits per heavy atom. The van der Waals surface area contributed by atoms with Crippen molar-refractivity contribution in [1.82, 2.24) is 4.90 Å². The number of nitrogens with zero attached hydrogens (tertiary/aromatic N) is 2. The maximum atomic E-state index is 8.69. The average Bonchev–Trinajstić information content (AvgIpc) is 2.81. The zero-order valence-corrected chi connectivity index (χ0v) is 9.33. The molecule has 2 rings (SSSR count). The van der Waals surface area contributed by atoms with Crippen LogP contribution in [0.1, 0.15) is 24.5 Å². The van der Waals surface area contributed by atoms with Crippen LogP contribution in [-0.4, -0.2) is 17.0 Å². The van der Waals surface area contributed by atoms with E-state index in [1.54, 1.807) is 0 Å². The first-order valence-electron chi connectivity index (χ1n) is 5.32. The number of rotatable bonds is 3. The smallest absolute Gasteiger partial charge is 0.0641 e. The fraction of sp³-hybridized carbons (Fsp3) is 0.462. The van der Waals surface area contributed by atoms with Gasteiger partial charge in [0.25, 0.3) is 0 Å². The minimum Gasteiger partial charge on any atom is -0.290 e. The lowest BCUT2D eigenvalue weighted by molar-refractivity contribution is 0.424. The van der Waals surface area contributed by atoms with Crippen LogP contribution in [0, 0.1) is 18.3 Å². The maximum absolute atomic E-state index is 8.69. The Morgan fingerprint density at radius 3 is 2.67 bits per heavy atom. The molecule has 2 atom stereocenters. The topological polar surface area (TPSA) is 26.8 Å². The number of aryl methyl sites for hydroxylation is 1. The van der Waals surface area contributed by atoms with Crippen molar-refractivity contribution in [2.45, 2.75) is 32.4 Å². The van der Waals surface area contributed by atoms with Crippen LogP contribution in [0.15, 0.2) is 24.3 Å². The van der Waals surface area contributed by atoms with Crippen LogP contribution in [0.5, 0.6) is 0 Å². The normalized spacial score (nSPS) is 28.5. The summed E-state index contributed by atoms with van der Waals surface area (Å²) in [5.74, 6) is 0. The standard InChI is InChI=1S/C13H16N2/c1-11-3-5-12(6-4-11)9-15-10-13(15,2)7-8-14/h3-6H,7,9-10H2,1-2H3. The van der Waals surface area contributed by atoms with E-state index in [-0.39, 0.29) is 5.54 Å². The molecule has 1 aromatic rings. The molecule has 0 bridgehead atoms. The Kier molecular flexibility index (Phi) is 2.50. The van der Waals surface area contributed by atoms with E-state index in [4.69, 9.17) is 5.26 Å². The summed E-state index contributed by atoms with van der Waals surface area (Å²) in [6.45, 7) is 6.28. The first-order valence-corrected chi connectivity index (χ1v) is 5.32. The second-order valence-corrected chi connectivity index (χ2v) is 4.67. The van der Waals surface area contributed by atoms with Gasteiger partial charge in [-0.2, -0.15) is 5.26 Å². The Hall–Kier alpha value is -1.33. The largest absolute Gasteiger partial charge is 0.290 e. The highest BCUT2D eigenvalue weighted by Crippen LogP contribution is 2.36. The highest BCUT2D eigenvalue weighted by molar-refractivity contribution is 5.23. The molecular weight excluding hydrogens is 184 g/mol. The summed E-state index contributed by atoms with van der Waals surface area (Å²) >= 11 is 0. The van der Waals surface area contributed by atoms with Crippen LogP contribution in [-0.2, 0) is 6.54 Å². The average molecular weight is 200 g/mol. The molecule has 1 saturated heterocycles. The predicted octanol–water partition coefficient (Wildman–Crippen LogP) is 2.48. The molecule has 0 N–H and O–H groups in total. The van der Waals surface area contributed by atoms with Gasteiger partial charge in [-0.3, -0.25) is 4.90 Å². The zero-order chi connectivity index (χ0) is 10.9. The molecule has 1 aliphatic heterocycles. The molecule has 0 radical (unpaired) electrons. The summed E-state index contributed by atoms with van der Waals surface area (Å²) in [6, 6.07) is 10.9. The van der Waals surface area contributed by atoms with E-state index >= 15 is 0 Å². The third-order valence-electron chi connectivity index (χ3n) is 3.15. The van der Waals surface area contributed by atoms with Gasteiger partial charge in [0.1, 0.15) is 0 Å². The lowest BCUT2D eigenvalue weighted by Crippen LogP contribution is -2.12. The van der Waals surface area contributed by atoms with Gasteiger partial charge in [-0.25, -0.2) is 0 Å². The number of nitriles is 1. The Balaban J connectivity index is 1.95. The van der Waals surface area contributed by atoms with E-state index in [0.29, 0.717) is 6.42 Å². The van der Waals surface area contributed by atoms with Gasteiger partial charge < -0.3 is 0 Å². The maximum Gasteiger partial charge on any atom is 0.0641 e. The Labute approximate surface area is 91.1 Å². The van der Waals surface area contributed by atoms with Crippen LogP contribution >= 0.6 is 0 Å². The quantitative estimate of drug-likeness (QED) is 0.701. The van der Waals surface area contributed by atoms with Crippen molar-refractivity contribution >= 4 is 0 Å². The number of hydrogen-bond acceptors (Lipinski definition) is 2. The minimum absolute atomic E-state index is 0.139. The molecule has 1 fully saturated rings. The van der Waals surface area contributed by atoms with E-state index in [1.807, 2.05) is 0 Å². The Morgan fingerprint density at radius 2 is 2.07 bits per heavy atom. The van der Waals surface area contributed by atoms with E-state index in [0.717, 1.165) is 13.1 Å². The summed E-state index contributed by atoms with van der Waals surface area (Å²) < 4.78 is 0. The molecule has 15 heavy (non-hydrogen) atoms. The molecule has 0 aromatic heterocycles. The molecule has 1 aromatic carbocycles. The molecule has 0 spiro atoms. The molecule has 1 heterocycles. The van der Waals surface area contributed by atoms with Crippen molar-refractivity contribution in [1.29, 1.82) is 5.26 Å². The number of hydrogen-bond donors (Lipinski definition) is 0. The first-order chi connectivity index (χ1) is 7.14. The molecule has 0 saturated carbocycles. The lowest BCUT2D eigenvalue weighted by Gasteiger charge is -2.08. The van der Waals surface area contributed by atoms with Crippen LogP contribution < -0.4 is 0 Å². The van der Waals surface area contributed by atoms with Gasteiger partial charge >= 0.3 is 0 Å². The molecular formula is C13H16N2. The van der Waals surface area contributed by atoms with Crippen molar-refractivity contribution in [3.8, 4) is 6.07 Å². The fourth-order valence-corrected chi connectivity index (χ4v) is 1.87. The second-order valence-electron chi connectivity index (χ2n) is 4.67. The molecule has 2 heteroatoms. The van der Waals surface area contributed by atoms with Crippen molar-refractivity contribution in [2.24, 2.45) is 0 Å². The number of benzene rings is 1. The second kappa shape index (κ2) is 3.67. The first kappa shape index (κ1) is 10.2. The molecule has 0 amide bonds. The van der Waals surface area contributed by atoms with Crippen molar-refractivity contribution in [2.75, 3.05) is 6.54 Å².